The van der Waals surface area contributed by atoms with Crippen molar-refractivity contribution in [3.63, 3.8) is 0 Å². The molecule has 3 aromatic rings. The van der Waals surface area contributed by atoms with Crippen molar-refractivity contribution in [3.8, 4) is 0 Å². The fourth-order valence-corrected chi connectivity index (χ4v) is 4.59. The largest absolute Gasteiger partial charge is 0.435 e. The molecule has 0 aliphatic carbocycles. The van der Waals surface area contributed by atoms with Crippen molar-refractivity contribution in [3.05, 3.63) is 40.8 Å². The Labute approximate surface area is 206 Å². The van der Waals surface area contributed by atoms with E-state index in [1.54, 1.807) is 6.20 Å². The normalized spacial score (nSPS) is 19.6. The maximum atomic E-state index is 13.3. The highest BCUT2D eigenvalue weighted by molar-refractivity contribution is 6.32. The Morgan fingerprint density at radius 2 is 1.89 bits per heavy atom. The standard InChI is InChI=1S/C19H20ClF3N6.C4H8O2/c1-28-5-3-11(4-6-28)13-8-15-12(7-14(13)20)9-24-18(26-15)27-16-10-25-29(2)17(16)19(21,22)23;5-4-1-2-6-3-4/h7-11H,3-6H2,1-2H3,(H,24,26,27);4-5H,1-3H2. The van der Waals surface area contributed by atoms with Gasteiger partial charge in [-0.05, 0) is 63.0 Å². The van der Waals surface area contributed by atoms with Crippen molar-refractivity contribution in [2.45, 2.75) is 37.5 Å². The predicted octanol–water partition coefficient (Wildman–Crippen LogP) is 4.36. The fourth-order valence-electron chi connectivity index (χ4n) is 4.27. The van der Waals surface area contributed by atoms with Gasteiger partial charge in [0.25, 0.3) is 0 Å². The summed E-state index contributed by atoms with van der Waals surface area (Å²) in [5, 5.41) is 16.3. The number of nitrogens with one attached hydrogen (secondary N) is 1. The molecular weight excluding hydrogens is 485 g/mol. The van der Waals surface area contributed by atoms with Crippen LogP contribution in [0.3, 0.4) is 0 Å². The summed E-state index contributed by atoms with van der Waals surface area (Å²) in [6, 6.07) is 3.74. The minimum Gasteiger partial charge on any atom is -0.391 e. The molecule has 5 rings (SSSR count). The minimum absolute atomic E-state index is 0.0765. The first-order valence-electron chi connectivity index (χ1n) is 11.4. The molecule has 2 fully saturated rings. The van der Waals surface area contributed by atoms with Gasteiger partial charge < -0.3 is 20.1 Å². The monoisotopic (exact) mass is 512 g/mol. The van der Waals surface area contributed by atoms with Crippen molar-refractivity contribution >= 4 is 34.1 Å². The quantitative estimate of drug-likeness (QED) is 0.539. The van der Waals surface area contributed by atoms with Gasteiger partial charge in [0.05, 0.1) is 30.1 Å². The van der Waals surface area contributed by atoms with Crippen molar-refractivity contribution < 1.29 is 23.0 Å². The van der Waals surface area contributed by atoms with Gasteiger partial charge in [-0.1, -0.05) is 11.6 Å². The molecule has 1 unspecified atom stereocenters. The number of hydrogen-bond acceptors (Lipinski definition) is 7. The molecule has 0 bridgehead atoms. The van der Waals surface area contributed by atoms with E-state index in [4.69, 9.17) is 21.4 Å². The van der Waals surface area contributed by atoms with Gasteiger partial charge in [-0.3, -0.25) is 4.68 Å². The van der Waals surface area contributed by atoms with Crippen molar-refractivity contribution in [1.29, 1.82) is 0 Å². The molecule has 8 nitrogen and oxygen atoms in total. The first-order chi connectivity index (χ1) is 16.6. The summed E-state index contributed by atoms with van der Waals surface area (Å²) >= 11 is 6.50. The molecule has 35 heavy (non-hydrogen) atoms. The third kappa shape index (κ3) is 6.21. The molecule has 2 saturated heterocycles. The molecule has 1 aromatic carbocycles. The number of ether oxygens (including phenoxy) is 1. The summed E-state index contributed by atoms with van der Waals surface area (Å²) in [5.41, 5.74) is 0.584. The number of benzene rings is 1. The number of aliphatic hydroxyl groups excluding tert-OH is 1. The molecule has 0 amide bonds. The lowest BCUT2D eigenvalue weighted by atomic mass is 9.89. The van der Waals surface area contributed by atoms with E-state index in [9.17, 15) is 13.2 Å². The summed E-state index contributed by atoms with van der Waals surface area (Å²) in [6.45, 7) is 3.27. The predicted molar refractivity (Wildman–Crippen MR) is 127 cm³/mol. The average molecular weight is 513 g/mol. The van der Waals surface area contributed by atoms with E-state index in [-0.39, 0.29) is 17.7 Å². The summed E-state index contributed by atoms with van der Waals surface area (Å²) in [7, 11) is 3.34. The third-order valence-electron chi connectivity index (χ3n) is 6.22. The number of likely N-dealkylation sites (tertiary alicyclic amines) is 1. The van der Waals surface area contributed by atoms with Gasteiger partial charge in [0.1, 0.15) is 0 Å². The Balaban J connectivity index is 0.000000421. The van der Waals surface area contributed by atoms with E-state index in [1.807, 2.05) is 12.1 Å². The Kier molecular flexibility index (Phi) is 7.80. The number of rotatable bonds is 3. The number of aromatic nitrogens is 4. The SMILES string of the molecule is CN1CCC(c2cc3nc(Nc4cnn(C)c4C(F)(F)F)ncc3cc2Cl)CC1.OC1CCOC1. The van der Waals surface area contributed by atoms with E-state index in [2.05, 4.69) is 32.3 Å². The van der Waals surface area contributed by atoms with E-state index in [0.29, 0.717) is 23.1 Å². The molecule has 4 heterocycles. The number of aliphatic hydroxyl groups is 1. The van der Waals surface area contributed by atoms with E-state index in [0.717, 1.165) is 60.8 Å². The molecular formula is C23H28ClF3N6O2. The lowest BCUT2D eigenvalue weighted by molar-refractivity contribution is -0.143. The van der Waals surface area contributed by atoms with Crippen LogP contribution >= 0.6 is 11.6 Å². The smallest absolute Gasteiger partial charge is 0.391 e. The average Bonchev–Trinajstić information content (AvgIpc) is 3.43. The Bertz CT molecular complexity index is 1160. The van der Waals surface area contributed by atoms with Crippen molar-refractivity contribution in [1.82, 2.24) is 24.6 Å². The van der Waals surface area contributed by atoms with Crippen molar-refractivity contribution in [2.24, 2.45) is 7.05 Å². The maximum Gasteiger partial charge on any atom is 0.435 e. The highest BCUT2D eigenvalue weighted by Gasteiger charge is 2.37. The second-order valence-corrected chi connectivity index (χ2v) is 9.28. The molecule has 190 valence electrons. The van der Waals surface area contributed by atoms with Crippen LogP contribution in [0.15, 0.2) is 24.5 Å². The second kappa shape index (κ2) is 10.7. The van der Waals surface area contributed by atoms with Crippen LogP contribution in [-0.2, 0) is 18.0 Å². The van der Waals surface area contributed by atoms with Gasteiger partial charge >= 0.3 is 6.18 Å². The van der Waals surface area contributed by atoms with Crippen LogP contribution < -0.4 is 5.32 Å². The molecule has 0 spiro atoms. The molecule has 2 aliphatic heterocycles. The zero-order chi connectivity index (χ0) is 25.2. The highest BCUT2D eigenvalue weighted by atomic mass is 35.5. The number of anilines is 2. The first-order valence-corrected chi connectivity index (χ1v) is 11.8. The van der Waals surface area contributed by atoms with Crippen LogP contribution in [0.2, 0.25) is 5.02 Å². The number of hydrogen-bond donors (Lipinski definition) is 2. The van der Waals surface area contributed by atoms with Gasteiger partial charge in [-0.25, -0.2) is 9.97 Å². The number of alkyl halides is 3. The Hall–Kier alpha value is -2.47. The Morgan fingerprint density at radius 1 is 1.14 bits per heavy atom. The Morgan fingerprint density at radius 3 is 2.49 bits per heavy atom. The lowest BCUT2D eigenvalue weighted by Gasteiger charge is -2.29. The summed E-state index contributed by atoms with van der Waals surface area (Å²) in [6.07, 6.45) is 0.774. The van der Waals surface area contributed by atoms with Crippen molar-refractivity contribution in [2.75, 3.05) is 38.7 Å². The molecule has 2 N–H and O–H groups in total. The van der Waals surface area contributed by atoms with Crippen LogP contribution in [0.1, 0.15) is 36.4 Å². The zero-order valence-corrected chi connectivity index (χ0v) is 20.3. The number of halogens is 4. The summed E-state index contributed by atoms with van der Waals surface area (Å²) in [4.78, 5) is 10.8. The second-order valence-electron chi connectivity index (χ2n) is 8.87. The van der Waals surface area contributed by atoms with Gasteiger partial charge in [0, 0.05) is 30.3 Å². The maximum absolute atomic E-state index is 13.3. The summed E-state index contributed by atoms with van der Waals surface area (Å²) in [5.74, 6) is 0.414. The lowest BCUT2D eigenvalue weighted by Crippen LogP contribution is -2.29. The molecule has 0 radical (unpaired) electrons. The van der Waals surface area contributed by atoms with E-state index in [1.165, 1.54) is 7.05 Å². The minimum atomic E-state index is -4.54. The first kappa shape index (κ1) is 25.6. The van der Waals surface area contributed by atoms with Crippen LogP contribution in [-0.4, -0.2) is 69.2 Å². The van der Waals surface area contributed by atoms with Gasteiger partial charge in [-0.15, -0.1) is 0 Å². The molecule has 12 heteroatoms. The van der Waals surface area contributed by atoms with Crippen LogP contribution in [0.25, 0.3) is 10.9 Å². The zero-order valence-electron chi connectivity index (χ0n) is 19.5. The number of aryl methyl sites for hydroxylation is 1. The van der Waals surface area contributed by atoms with Gasteiger partial charge in [0.15, 0.2) is 5.69 Å². The van der Waals surface area contributed by atoms with Crippen LogP contribution in [0.4, 0.5) is 24.8 Å². The summed E-state index contributed by atoms with van der Waals surface area (Å²) < 4.78 is 45.4. The van der Waals surface area contributed by atoms with Gasteiger partial charge in [-0.2, -0.15) is 18.3 Å². The molecule has 2 aliphatic rings. The van der Waals surface area contributed by atoms with E-state index < -0.39 is 11.9 Å². The molecule has 2 aromatic heterocycles. The topological polar surface area (TPSA) is 88.3 Å². The van der Waals surface area contributed by atoms with Gasteiger partial charge in [0.2, 0.25) is 5.95 Å². The molecule has 1 atom stereocenters. The number of piperidine rings is 1. The van der Waals surface area contributed by atoms with Crippen LogP contribution in [0, 0.1) is 0 Å². The third-order valence-corrected chi connectivity index (χ3v) is 6.54. The highest BCUT2D eigenvalue weighted by Crippen LogP contribution is 2.37. The van der Waals surface area contributed by atoms with Crippen LogP contribution in [0.5, 0.6) is 0 Å². The fraction of sp³-hybridized carbons (Fsp3) is 0.522. The number of fused-ring (bicyclic) bond motifs is 1. The number of nitrogens with zero attached hydrogens (tertiary/aromatic N) is 5. The molecule has 0 saturated carbocycles. The van der Waals surface area contributed by atoms with E-state index >= 15 is 0 Å².